The van der Waals surface area contributed by atoms with Gasteiger partial charge >= 0.3 is 0 Å². The Bertz CT molecular complexity index is 150. The molecule has 14 heavy (non-hydrogen) atoms. The third-order valence-electron chi connectivity index (χ3n) is 2.60. The molecule has 0 aliphatic carbocycles. The van der Waals surface area contributed by atoms with Crippen LogP contribution in [0.5, 0.6) is 0 Å². The number of ether oxygens (including phenoxy) is 1. The maximum Gasteiger partial charge on any atom is 0.102 e. The van der Waals surface area contributed by atoms with Gasteiger partial charge in [-0.25, -0.2) is 0 Å². The molecular weight excluding hydrogens is 176 g/mol. The van der Waals surface area contributed by atoms with Crippen LogP contribution in [0.4, 0.5) is 0 Å². The van der Waals surface area contributed by atoms with Crippen LogP contribution < -0.4 is 0 Å². The minimum Gasteiger partial charge on any atom is -0.370 e. The molecule has 86 valence electrons. The summed E-state index contributed by atoms with van der Waals surface area (Å²) in [6, 6.07) is 0. The van der Waals surface area contributed by atoms with E-state index in [-0.39, 0.29) is 0 Å². The molecule has 3 heteroatoms. The van der Waals surface area contributed by atoms with E-state index in [0.717, 1.165) is 35.3 Å². The molecule has 0 saturated carbocycles. The molecule has 0 bridgehead atoms. The number of quaternary nitrogens is 2. The average molecular weight is 204 g/mol. The summed E-state index contributed by atoms with van der Waals surface area (Å²) in [5.74, 6) is 0. The van der Waals surface area contributed by atoms with Gasteiger partial charge in [-0.1, -0.05) is 0 Å². The van der Waals surface area contributed by atoms with E-state index < -0.39 is 0 Å². The zero-order chi connectivity index (χ0) is 11.2. The molecule has 0 unspecified atom stereocenters. The lowest BCUT2D eigenvalue weighted by atomic mass is 10.4. The van der Waals surface area contributed by atoms with Gasteiger partial charge in [0.05, 0.1) is 55.0 Å². The van der Waals surface area contributed by atoms with E-state index in [9.17, 15) is 0 Å². The molecule has 0 rings (SSSR count). The molecule has 3 nitrogen and oxygen atoms in total. The van der Waals surface area contributed by atoms with Crippen molar-refractivity contribution in [2.24, 2.45) is 0 Å². The number of hydrogen-bond acceptors (Lipinski definition) is 1. The maximum atomic E-state index is 5.62. The topological polar surface area (TPSA) is 9.23 Å². The Morgan fingerprint density at radius 2 is 1.36 bits per heavy atom. The predicted molar refractivity (Wildman–Crippen MR) is 61.2 cm³/mol. The van der Waals surface area contributed by atoms with Crippen LogP contribution in [0.1, 0.15) is 6.92 Å². The van der Waals surface area contributed by atoms with E-state index in [1.165, 1.54) is 6.54 Å². The van der Waals surface area contributed by atoms with Crippen LogP contribution in [0, 0.1) is 0 Å². The fraction of sp³-hybridized carbons (Fsp3) is 1.00. The smallest absolute Gasteiger partial charge is 0.102 e. The number of likely N-dealkylation sites (N-methyl/N-ethyl adjacent to an activating group) is 2. The lowest BCUT2D eigenvalue weighted by Gasteiger charge is -2.28. The van der Waals surface area contributed by atoms with Crippen molar-refractivity contribution in [3.8, 4) is 0 Å². The van der Waals surface area contributed by atoms with Crippen LogP contribution in [0.2, 0.25) is 0 Å². The summed E-state index contributed by atoms with van der Waals surface area (Å²) in [6.45, 7) is 7.31. The Kier molecular flexibility index (Phi) is 5.64. The maximum absolute atomic E-state index is 5.62. The SMILES string of the molecule is CC[N+](C)(C)CCOCC[N+](C)(C)C. The Morgan fingerprint density at radius 1 is 0.857 bits per heavy atom. The van der Waals surface area contributed by atoms with Gasteiger partial charge in [0.2, 0.25) is 0 Å². The van der Waals surface area contributed by atoms with E-state index >= 15 is 0 Å². The molecule has 0 atom stereocenters. The Labute approximate surface area is 89.4 Å². The summed E-state index contributed by atoms with van der Waals surface area (Å²) in [7, 11) is 11.0. The van der Waals surface area contributed by atoms with Gasteiger partial charge in [0.15, 0.2) is 0 Å². The highest BCUT2D eigenvalue weighted by atomic mass is 16.5. The largest absolute Gasteiger partial charge is 0.370 e. The minimum absolute atomic E-state index is 0.868. The minimum atomic E-state index is 0.868. The summed E-state index contributed by atoms with van der Waals surface area (Å²) in [5, 5.41) is 0. The van der Waals surface area contributed by atoms with Gasteiger partial charge in [-0.05, 0) is 6.92 Å². The molecule has 0 aromatic carbocycles. The van der Waals surface area contributed by atoms with Crippen molar-refractivity contribution >= 4 is 0 Å². The van der Waals surface area contributed by atoms with Gasteiger partial charge in [-0.2, -0.15) is 0 Å². The molecule has 0 aromatic heterocycles. The van der Waals surface area contributed by atoms with Crippen molar-refractivity contribution in [2.45, 2.75) is 6.92 Å². The monoisotopic (exact) mass is 204 g/mol. The van der Waals surface area contributed by atoms with Gasteiger partial charge in [-0.15, -0.1) is 0 Å². The molecule has 0 fully saturated rings. The van der Waals surface area contributed by atoms with Crippen molar-refractivity contribution in [3.63, 3.8) is 0 Å². The van der Waals surface area contributed by atoms with Gasteiger partial charge in [-0.3, -0.25) is 0 Å². The Hall–Kier alpha value is -0.120. The summed E-state index contributed by atoms with van der Waals surface area (Å²) in [5.41, 5.74) is 0. The van der Waals surface area contributed by atoms with Gasteiger partial charge in [0, 0.05) is 0 Å². The lowest BCUT2D eigenvalue weighted by Crippen LogP contribution is -2.42. The standard InChI is InChI=1S/C11H28N2O/c1-7-13(5,6)9-11-14-10-8-12(2,3)4/h7-11H2,1-6H3/q+2. The van der Waals surface area contributed by atoms with E-state index in [1.807, 2.05) is 0 Å². The number of nitrogens with zero attached hydrogens (tertiary/aromatic N) is 2. The molecule has 0 spiro atoms. The Balaban J connectivity index is 3.39. The molecule has 0 heterocycles. The van der Waals surface area contributed by atoms with Crippen molar-refractivity contribution < 1.29 is 13.7 Å². The van der Waals surface area contributed by atoms with Crippen molar-refractivity contribution in [1.82, 2.24) is 0 Å². The van der Waals surface area contributed by atoms with Gasteiger partial charge < -0.3 is 13.7 Å². The first kappa shape index (κ1) is 13.9. The molecule has 0 N–H and O–H groups in total. The molecule has 0 amide bonds. The van der Waals surface area contributed by atoms with E-state index in [1.54, 1.807) is 0 Å². The second kappa shape index (κ2) is 5.69. The van der Waals surface area contributed by atoms with Crippen molar-refractivity contribution in [2.75, 3.05) is 68.1 Å². The molecule has 0 radical (unpaired) electrons. The van der Waals surface area contributed by atoms with Gasteiger partial charge in [0.1, 0.15) is 13.1 Å². The summed E-state index contributed by atoms with van der Waals surface area (Å²) >= 11 is 0. The van der Waals surface area contributed by atoms with Crippen molar-refractivity contribution in [3.05, 3.63) is 0 Å². The molecule has 0 aromatic rings. The van der Waals surface area contributed by atoms with Crippen LogP contribution in [-0.4, -0.2) is 77.1 Å². The van der Waals surface area contributed by atoms with Crippen LogP contribution in [0.3, 0.4) is 0 Å². The first-order chi connectivity index (χ1) is 6.27. The summed E-state index contributed by atoms with van der Waals surface area (Å²) < 4.78 is 7.64. The first-order valence-electron chi connectivity index (χ1n) is 5.47. The van der Waals surface area contributed by atoms with E-state index in [2.05, 4.69) is 42.2 Å². The predicted octanol–water partition coefficient (Wildman–Crippen LogP) is 0.806. The fourth-order valence-corrected chi connectivity index (χ4v) is 0.910. The van der Waals surface area contributed by atoms with E-state index in [0.29, 0.717) is 0 Å². The third-order valence-corrected chi connectivity index (χ3v) is 2.60. The molecule has 0 aliphatic rings. The van der Waals surface area contributed by atoms with Gasteiger partial charge in [0.25, 0.3) is 0 Å². The normalized spacial score (nSPS) is 13.3. The zero-order valence-electron chi connectivity index (χ0n) is 10.8. The van der Waals surface area contributed by atoms with E-state index in [4.69, 9.17) is 4.74 Å². The van der Waals surface area contributed by atoms with Crippen LogP contribution in [-0.2, 0) is 4.74 Å². The Morgan fingerprint density at radius 3 is 1.79 bits per heavy atom. The highest BCUT2D eigenvalue weighted by Gasteiger charge is 2.11. The number of hydrogen-bond donors (Lipinski definition) is 0. The first-order valence-corrected chi connectivity index (χ1v) is 5.47. The van der Waals surface area contributed by atoms with Crippen LogP contribution in [0.25, 0.3) is 0 Å². The third kappa shape index (κ3) is 8.48. The van der Waals surface area contributed by atoms with Crippen molar-refractivity contribution in [1.29, 1.82) is 0 Å². The summed E-state index contributed by atoms with van der Waals surface area (Å²) in [4.78, 5) is 0. The highest BCUT2D eigenvalue weighted by Crippen LogP contribution is 1.95. The van der Waals surface area contributed by atoms with Crippen LogP contribution >= 0.6 is 0 Å². The second-order valence-electron chi connectivity index (χ2n) is 5.60. The average Bonchev–Trinajstić information content (AvgIpc) is 2.01. The molecule has 0 aliphatic heterocycles. The highest BCUT2D eigenvalue weighted by molar-refractivity contribution is 4.33. The lowest BCUT2D eigenvalue weighted by molar-refractivity contribution is -0.889. The summed E-state index contributed by atoms with van der Waals surface area (Å²) in [6.07, 6.45) is 0. The molecule has 0 saturated heterocycles. The number of rotatable bonds is 7. The quantitative estimate of drug-likeness (QED) is 0.440. The second-order valence-corrected chi connectivity index (χ2v) is 5.60. The van der Waals surface area contributed by atoms with Crippen LogP contribution in [0.15, 0.2) is 0 Å². The molecular formula is C11H28N2O+2. The fourth-order valence-electron chi connectivity index (χ4n) is 0.910. The zero-order valence-corrected chi connectivity index (χ0v) is 10.8.